The van der Waals surface area contributed by atoms with Crippen LogP contribution in [0, 0.1) is 17.5 Å². The highest BCUT2D eigenvalue weighted by molar-refractivity contribution is 5.78. The molecule has 0 radical (unpaired) electrons. The van der Waals surface area contributed by atoms with E-state index in [1.54, 1.807) is 20.8 Å². The summed E-state index contributed by atoms with van der Waals surface area (Å²) in [5.74, 6) is -5.61. The van der Waals surface area contributed by atoms with Crippen molar-refractivity contribution in [1.29, 1.82) is 0 Å². The highest BCUT2D eigenvalue weighted by atomic mass is 19.4. The van der Waals surface area contributed by atoms with E-state index in [2.05, 4.69) is 15.5 Å². The van der Waals surface area contributed by atoms with E-state index in [0.29, 0.717) is 12.1 Å². The monoisotopic (exact) mass is 535 g/mol. The lowest BCUT2D eigenvalue weighted by Crippen LogP contribution is -2.47. The van der Waals surface area contributed by atoms with Gasteiger partial charge < -0.3 is 19.5 Å². The second-order valence-electron chi connectivity index (χ2n) is 9.93. The molecule has 3 rings (SSSR count). The second kappa shape index (κ2) is 10.2. The summed E-state index contributed by atoms with van der Waals surface area (Å²) in [7, 11) is 0. The van der Waals surface area contributed by atoms with Crippen molar-refractivity contribution < 1.29 is 40.7 Å². The first-order valence-corrected chi connectivity index (χ1v) is 11.4. The van der Waals surface area contributed by atoms with Crippen molar-refractivity contribution in [3.63, 3.8) is 0 Å². The highest BCUT2D eigenvalue weighted by Gasteiger charge is 2.44. The third kappa shape index (κ3) is 6.52. The molecule has 0 aliphatic carbocycles. The van der Waals surface area contributed by atoms with Gasteiger partial charge in [-0.25, -0.2) is 18.0 Å². The van der Waals surface area contributed by atoms with Crippen LogP contribution in [-0.4, -0.2) is 49.9 Å². The van der Waals surface area contributed by atoms with Gasteiger partial charge in [-0.05, 0) is 52.7 Å². The lowest BCUT2D eigenvalue weighted by Gasteiger charge is -2.38. The Bertz CT molecular complexity index is 1180. The molecule has 3 atom stereocenters. The Morgan fingerprint density at radius 2 is 1.70 bits per heavy atom. The van der Waals surface area contributed by atoms with Gasteiger partial charge in [0, 0.05) is 25.1 Å². The van der Waals surface area contributed by atoms with Crippen LogP contribution in [-0.2, 0) is 22.1 Å². The quantitative estimate of drug-likeness (QED) is 0.443. The SMILES string of the molecule is C[C@H]1c2nnc(C(F)(F)F)n2[C@@H](C)CN1C(=O)C[C@@H](Cc1cc(F)c(F)cc1F)NC(=O)OC(C)(C)C. The van der Waals surface area contributed by atoms with Crippen LogP contribution < -0.4 is 5.32 Å². The Balaban J connectivity index is 1.85. The van der Waals surface area contributed by atoms with E-state index in [1.807, 2.05) is 0 Å². The van der Waals surface area contributed by atoms with Gasteiger partial charge >= 0.3 is 12.3 Å². The fraction of sp³-hybridized carbons (Fsp3) is 0.565. The Hall–Kier alpha value is -3.32. The van der Waals surface area contributed by atoms with E-state index in [0.717, 1.165) is 4.57 Å². The number of alkyl halides is 3. The van der Waals surface area contributed by atoms with Crippen molar-refractivity contribution in [2.24, 2.45) is 0 Å². The summed E-state index contributed by atoms with van der Waals surface area (Å²) in [5, 5.41) is 9.33. The van der Waals surface area contributed by atoms with Crippen molar-refractivity contribution in [1.82, 2.24) is 25.0 Å². The van der Waals surface area contributed by atoms with Crippen LogP contribution in [0.3, 0.4) is 0 Å². The summed E-state index contributed by atoms with van der Waals surface area (Å²) < 4.78 is 87.6. The normalized spacial score (nSPS) is 18.8. The number of alkyl carbamates (subject to hydrolysis) is 1. The molecular formula is C23H27F6N5O3. The molecule has 1 aliphatic rings. The van der Waals surface area contributed by atoms with E-state index < -0.39 is 71.6 Å². The van der Waals surface area contributed by atoms with E-state index in [-0.39, 0.29) is 24.4 Å². The maximum Gasteiger partial charge on any atom is 0.451 e. The summed E-state index contributed by atoms with van der Waals surface area (Å²) in [6.45, 7) is 7.64. The predicted octanol–water partition coefficient (Wildman–Crippen LogP) is 4.70. The molecule has 0 saturated carbocycles. The van der Waals surface area contributed by atoms with Gasteiger partial charge in [0.05, 0.1) is 12.1 Å². The van der Waals surface area contributed by atoms with Crippen molar-refractivity contribution >= 4 is 12.0 Å². The summed E-state index contributed by atoms with van der Waals surface area (Å²) in [5.41, 5.74) is -1.19. The maximum absolute atomic E-state index is 14.3. The molecule has 0 bridgehead atoms. The Morgan fingerprint density at radius 3 is 2.30 bits per heavy atom. The highest BCUT2D eigenvalue weighted by Crippen LogP contribution is 2.36. The zero-order valence-electron chi connectivity index (χ0n) is 20.8. The number of ether oxygens (including phenoxy) is 1. The van der Waals surface area contributed by atoms with Crippen LogP contribution in [0.5, 0.6) is 0 Å². The lowest BCUT2D eigenvalue weighted by molar-refractivity contribution is -0.149. The lowest BCUT2D eigenvalue weighted by atomic mass is 10.0. The zero-order valence-corrected chi connectivity index (χ0v) is 20.8. The van der Waals surface area contributed by atoms with E-state index in [4.69, 9.17) is 4.74 Å². The molecule has 204 valence electrons. The van der Waals surface area contributed by atoms with E-state index >= 15 is 0 Å². The number of nitrogens with zero attached hydrogens (tertiary/aromatic N) is 4. The number of fused-ring (bicyclic) bond motifs is 1. The molecule has 37 heavy (non-hydrogen) atoms. The fourth-order valence-electron chi connectivity index (χ4n) is 4.16. The molecule has 2 aromatic rings. The van der Waals surface area contributed by atoms with Gasteiger partial charge in [0.25, 0.3) is 0 Å². The summed E-state index contributed by atoms with van der Waals surface area (Å²) in [6, 6.07) is -1.84. The van der Waals surface area contributed by atoms with E-state index in [1.165, 1.54) is 18.7 Å². The second-order valence-corrected chi connectivity index (χ2v) is 9.93. The number of aromatic nitrogens is 3. The van der Waals surface area contributed by atoms with Crippen LogP contribution in [0.15, 0.2) is 12.1 Å². The Kier molecular flexibility index (Phi) is 7.80. The number of hydrogen-bond acceptors (Lipinski definition) is 5. The third-order valence-electron chi connectivity index (χ3n) is 5.74. The smallest absolute Gasteiger partial charge is 0.444 e. The topological polar surface area (TPSA) is 89.4 Å². The van der Waals surface area contributed by atoms with Gasteiger partial charge in [0.15, 0.2) is 17.5 Å². The zero-order chi connectivity index (χ0) is 27.9. The molecule has 1 N–H and O–H groups in total. The first kappa shape index (κ1) is 28.3. The largest absolute Gasteiger partial charge is 0.451 e. The fourth-order valence-corrected chi connectivity index (χ4v) is 4.16. The number of halogens is 6. The molecule has 1 aromatic carbocycles. The van der Waals surface area contributed by atoms with Crippen molar-refractivity contribution in [2.45, 2.75) is 77.4 Å². The molecule has 2 amide bonds. The Morgan fingerprint density at radius 1 is 1.08 bits per heavy atom. The number of amides is 2. The van der Waals surface area contributed by atoms with Gasteiger partial charge in [-0.1, -0.05) is 0 Å². The molecule has 0 spiro atoms. The Labute approximate surface area is 209 Å². The summed E-state index contributed by atoms with van der Waals surface area (Å²) >= 11 is 0. The molecule has 1 aliphatic heterocycles. The number of rotatable bonds is 5. The van der Waals surface area contributed by atoms with Crippen LogP contribution in [0.25, 0.3) is 0 Å². The average molecular weight is 535 g/mol. The standard InChI is InChI=1S/C23H27F6N5O3/c1-11-10-33(12(2)19-31-32-20(34(11)19)23(27,28)29)18(35)8-14(30-21(36)37-22(3,4)5)6-13-7-16(25)17(26)9-15(13)24/h7,9,11-12,14H,6,8,10H2,1-5H3,(H,30,36)/t11-,12-,14+/m0/s1. The van der Waals surface area contributed by atoms with Crippen molar-refractivity contribution in [2.75, 3.05) is 6.54 Å². The van der Waals surface area contributed by atoms with E-state index in [9.17, 15) is 35.9 Å². The number of benzene rings is 1. The average Bonchev–Trinajstić information content (AvgIpc) is 3.20. The van der Waals surface area contributed by atoms with Crippen molar-refractivity contribution in [3.8, 4) is 0 Å². The van der Waals surface area contributed by atoms with Crippen molar-refractivity contribution in [3.05, 3.63) is 46.8 Å². The summed E-state index contributed by atoms with van der Waals surface area (Å²) in [4.78, 5) is 26.9. The number of nitrogens with one attached hydrogen (secondary N) is 1. The molecule has 0 saturated heterocycles. The molecular weight excluding hydrogens is 508 g/mol. The minimum Gasteiger partial charge on any atom is -0.444 e. The van der Waals surface area contributed by atoms with Gasteiger partial charge in [-0.2, -0.15) is 13.2 Å². The number of hydrogen-bond donors (Lipinski definition) is 1. The molecule has 0 fully saturated rings. The maximum atomic E-state index is 14.3. The van der Waals surface area contributed by atoms with Gasteiger partial charge in [-0.3, -0.25) is 4.79 Å². The molecule has 0 unspecified atom stereocenters. The van der Waals surface area contributed by atoms with Gasteiger partial charge in [-0.15, -0.1) is 10.2 Å². The molecule has 8 nitrogen and oxygen atoms in total. The predicted molar refractivity (Wildman–Crippen MR) is 118 cm³/mol. The van der Waals surface area contributed by atoms with Crippen LogP contribution >= 0.6 is 0 Å². The molecule has 1 aromatic heterocycles. The van der Waals surface area contributed by atoms with Crippen LogP contribution in [0.1, 0.15) is 70.3 Å². The van der Waals surface area contributed by atoms with Gasteiger partial charge in [0.2, 0.25) is 11.7 Å². The third-order valence-corrected chi connectivity index (χ3v) is 5.74. The first-order chi connectivity index (χ1) is 17.0. The summed E-state index contributed by atoms with van der Waals surface area (Å²) in [6.07, 6.45) is -6.49. The van der Waals surface area contributed by atoms with Gasteiger partial charge in [0.1, 0.15) is 11.4 Å². The van der Waals surface area contributed by atoms with Crippen LogP contribution in [0.4, 0.5) is 31.1 Å². The minimum atomic E-state index is -4.73. The first-order valence-electron chi connectivity index (χ1n) is 11.4. The number of carbonyl (C=O) groups is 2. The number of carbonyl (C=O) groups excluding carboxylic acids is 2. The molecule has 14 heteroatoms. The van der Waals surface area contributed by atoms with Crippen LogP contribution in [0.2, 0.25) is 0 Å². The molecule has 2 heterocycles. The minimum absolute atomic E-state index is 0.0669.